The number of benzene rings is 2. The maximum atomic E-state index is 4.84. The lowest BCUT2D eigenvalue weighted by molar-refractivity contribution is 0.864. The van der Waals surface area contributed by atoms with E-state index in [4.69, 9.17) is 4.98 Å². The molecule has 0 bridgehead atoms. The largest absolute Gasteiger partial charge is 0.313 e. The maximum absolute atomic E-state index is 4.84. The van der Waals surface area contributed by atoms with Crippen LogP contribution < -0.4 is 0 Å². The zero-order valence-corrected chi connectivity index (χ0v) is 12.6. The van der Waals surface area contributed by atoms with Crippen molar-refractivity contribution in [1.29, 1.82) is 0 Å². The van der Waals surface area contributed by atoms with Gasteiger partial charge in [0.25, 0.3) is 0 Å². The first-order chi connectivity index (χ1) is 11.3. The lowest BCUT2D eigenvalue weighted by atomic mass is 10.2. The van der Waals surface area contributed by atoms with Gasteiger partial charge in [0.15, 0.2) is 0 Å². The van der Waals surface area contributed by atoms with Crippen LogP contribution in [0.1, 0.15) is 0 Å². The van der Waals surface area contributed by atoms with Crippen molar-refractivity contribution in [3.63, 3.8) is 0 Å². The fourth-order valence-corrected chi connectivity index (χ4v) is 3.33. The minimum atomic E-state index is 0.885. The Labute approximate surface area is 132 Å². The molecular weight excluding hydrogens is 284 g/mol. The van der Waals surface area contributed by atoms with Gasteiger partial charge in [-0.3, -0.25) is 4.57 Å². The summed E-state index contributed by atoms with van der Waals surface area (Å²) in [6, 6.07) is 20.7. The van der Waals surface area contributed by atoms with Crippen LogP contribution in [0.25, 0.3) is 38.9 Å². The normalized spacial score (nSPS) is 11.7. The average molecular weight is 298 g/mol. The van der Waals surface area contributed by atoms with Crippen molar-refractivity contribution < 1.29 is 0 Å². The Morgan fingerprint density at radius 3 is 2.39 bits per heavy atom. The van der Waals surface area contributed by atoms with Crippen molar-refractivity contribution in [3.8, 4) is 5.95 Å². The molecule has 5 rings (SSSR count). The zero-order valence-electron chi connectivity index (χ0n) is 12.6. The number of aryl methyl sites for hydroxylation is 1. The van der Waals surface area contributed by atoms with Gasteiger partial charge in [0.2, 0.25) is 5.95 Å². The van der Waals surface area contributed by atoms with E-state index in [1.807, 2.05) is 37.5 Å². The van der Waals surface area contributed by atoms with Crippen molar-refractivity contribution in [1.82, 2.24) is 19.1 Å². The summed E-state index contributed by atoms with van der Waals surface area (Å²) in [5.74, 6) is 0.885. The first-order valence-corrected chi connectivity index (χ1v) is 7.60. The Hall–Kier alpha value is -3.14. The molecule has 0 aliphatic rings. The summed E-state index contributed by atoms with van der Waals surface area (Å²) in [7, 11) is 2.05. The Morgan fingerprint density at radius 2 is 1.52 bits per heavy atom. The second kappa shape index (κ2) is 4.43. The van der Waals surface area contributed by atoms with Gasteiger partial charge in [-0.2, -0.15) is 0 Å². The van der Waals surface area contributed by atoms with Crippen molar-refractivity contribution in [2.45, 2.75) is 0 Å². The van der Waals surface area contributed by atoms with E-state index in [0.717, 1.165) is 33.5 Å². The van der Waals surface area contributed by atoms with E-state index < -0.39 is 0 Å². The fourth-order valence-electron chi connectivity index (χ4n) is 3.33. The SMILES string of the molecule is Cn1c(-n2c3ccccc3c3cccnc32)nc2ccccc21. The molecule has 0 unspecified atom stereocenters. The van der Waals surface area contributed by atoms with Gasteiger partial charge in [-0.25, -0.2) is 9.97 Å². The molecule has 4 nitrogen and oxygen atoms in total. The van der Waals surface area contributed by atoms with Gasteiger partial charge in [0.1, 0.15) is 5.65 Å². The number of hydrogen-bond acceptors (Lipinski definition) is 2. The predicted octanol–water partition coefficient (Wildman–Crippen LogP) is 4.07. The molecule has 0 spiro atoms. The van der Waals surface area contributed by atoms with Crippen molar-refractivity contribution in [2.24, 2.45) is 7.05 Å². The van der Waals surface area contributed by atoms with Crippen LogP contribution in [0.2, 0.25) is 0 Å². The number of rotatable bonds is 1. The lowest BCUT2D eigenvalue weighted by Crippen LogP contribution is -2.03. The minimum Gasteiger partial charge on any atom is -0.313 e. The van der Waals surface area contributed by atoms with Crippen LogP contribution in [0.3, 0.4) is 0 Å². The monoisotopic (exact) mass is 298 g/mol. The number of nitrogens with zero attached hydrogens (tertiary/aromatic N) is 4. The molecule has 0 atom stereocenters. The molecule has 110 valence electrons. The number of pyridine rings is 1. The summed E-state index contributed by atoms with van der Waals surface area (Å²) in [4.78, 5) is 9.46. The highest BCUT2D eigenvalue weighted by Crippen LogP contribution is 2.30. The average Bonchev–Trinajstić information content (AvgIpc) is 3.11. The van der Waals surface area contributed by atoms with E-state index in [1.54, 1.807) is 0 Å². The molecule has 5 aromatic rings. The Balaban J connectivity index is 2.00. The number of para-hydroxylation sites is 3. The van der Waals surface area contributed by atoms with Crippen LogP contribution in [0, 0.1) is 0 Å². The zero-order chi connectivity index (χ0) is 15.4. The van der Waals surface area contributed by atoms with Gasteiger partial charge in [0, 0.05) is 24.0 Å². The molecule has 3 heterocycles. The highest BCUT2D eigenvalue weighted by molar-refractivity contribution is 6.07. The standard InChI is InChI=1S/C19H14N4/c1-22-17-11-5-3-9-15(17)21-19(22)23-16-10-4-2-7-13(16)14-8-6-12-20-18(14)23/h2-12H,1H3. The van der Waals surface area contributed by atoms with Crippen molar-refractivity contribution >= 4 is 33.0 Å². The Kier molecular flexibility index (Phi) is 2.39. The van der Waals surface area contributed by atoms with Crippen LogP contribution in [-0.4, -0.2) is 19.1 Å². The first-order valence-electron chi connectivity index (χ1n) is 7.60. The minimum absolute atomic E-state index is 0.885. The third-order valence-electron chi connectivity index (χ3n) is 4.40. The third-order valence-corrected chi connectivity index (χ3v) is 4.40. The van der Waals surface area contributed by atoms with Gasteiger partial charge in [-0.05, 0) is 30.3 Å². The molecule has 0 amide bonds. The van der Waals surface area contributed by atoms with Crippen LogP contribution in [0.4, 0.5) is 0 Å². The van der Waals surface area contributed by atoms with E-state index in [0.29, 0.717) is 0 Å². The van der Waals surface area contributed by atoms with Gasteiger partial charge < -0.3 is 4.57 Å². The number of fused-ring (bicyclic) bond motifs is 4. The van der Waals surface area contributed by atoms with Crippen LogP contribution in [0.15, 0.2) is 66.9 Å². The molecule has 0 fully saturated rings. The molecule has 4 heteroatoms. The number of imidazole rings is 1. The second-order valence-electron chi connectivity index (χ2n) is 5.69. The van der Waals surface area contributed by atoms with Gasteiger partial charge >= 0.3 is 0 Å². The summed E-state index contributed by atoms with van der Waals surface area (Å²) in [6.07, 6.45) is 1.83. The smallest absolute Gasteiger partial charge is 0.216 e. The molecule has 2 aromatic carbocycles. The van der Waals surface area contributed by atoms with E-state index in [9.17, 15) is 0 Å². The van der Waals surface area contributed by atoms with Gasteiger partial charge in [-0.15, -0.1) is 0 Å². The molecule has 0 radical (unpaired) electrons. The molecular formula is C19H14N4. The van der Waals surface area contributed by atoms with Crippen molar-refractivity contribution in [2.75, 3.05) is 0 Å². The second-order valence-corrected chi connectivity index (χ2v) is 5.69. The van der Waals surface area contributed by atoms with E-state index in [2.05, 4.69) is 50.5 Å². The molecule has 0 aliphatic heterocycles. The predicted molar refractivity (Wildman–Crippen MR) is 92.8 cm³/mol. The lowest BCUT2D eigenvalue weighted by Gasteiger charge is -2.06. The topological polar surface area (TPSA) is 35.6 Å². The van der Waals surface area contributed by atoms with E-state index in [1.165, 1.54) is 5.39 Å². The number of hydrogen-bond donors (Lipinski definition) is 0. The van der Waals surface area contributed by atoms with E-state index in [-0.39, 0.29) is 0 Å². The van der Waals surface area contributed by atoms with Crippen molar-refractivity contribution in [3.05, 3.63) is 66.9 Å². The summed E-state index contributed by atoms with van der Waals surface area (Å²) >= 11 is 0. The Morgan fingerprint density at radius 1 is 0.783 bits per heavy atom. The summed E-state index contributed by atoms with van der Waals surface area (Å²) < 4.78 is 4.26. The maximum Gasteiger partial charge on any atom is 0.216 e. The molecule has 23 heavy (non-hydrogen) atoms. The molecule has 0 saturated carbocycles. The molecule has 0 aliphatic carbocycles. The van der Waals surface area contributed by atoms with E-state index >= 15 is 0 Å². The van der Waals surface area contributed by atoms with Gasteiger partial charge in [0.05, 0.1) is 16.6 Å². The quantitative estimate of drug-likeness (QED) is 0.468. The highest BCUT2D eigenvalue weighted by atomic mass is 15.2. The third kappa shape index (κ3) is 1.60. The molecule has 0 saturated heterocycles. The fraction of sp³-hybridized carbons (Fsp3) is 0.0526. The van der Waals surface area contributed by atoms with Gasteiger partial charge in [-0.1, -0.05) is 30.3 Å². The molecule has 0 N–H and O–H groups in total. The highest BCUT2D eigenvalue weighted by Gasteiger charge is 2.17. The summed E-state index contributed by atoms with van der Waals surface area (Å²) in [5, 5.41) is 2.35. The summed E-state index contributed by atoms with van der Waals surface area (Å²) in [6.45, 7) is 0. The number of aromatic nitrogens is 4. The molecule has 3 aromatic heterocycles. The first kappa shape index (κ1) is 12.4. The van der Waals surface area contributed by atoms with Crippen LogP contribution in [-0.2, 0) is 7.05 Å². The summed E-state index contributed by atoms with van der Waals surface area (Å²) in [5.41, 5.74) is 4.17. The van der Waals surface area contributed by atoms with Crippen LogP contribution >= 0.6 is 0 Å². The van der Waals surface area contributed by atoms with Crippen LogP contribution in [0.5, 0.6) is 0 Å². The Bertz CT molecular complexity index is 1130.